The molecule has 1 aromatic carbocycles. The lowest BCUT2D eigenvalue weighted by Gasteiger charge is -2.00. The van der Waals surface area contributed by atoms with Crippen LogP contribution in [0.1, 0.15) is 32.2 Å². The standard InChI is InChI=1S/C18H15BrN4O4/c1-26-18(25)13-4-2-12(3-5-13)8-20-22-17(24)16-7-6-15(27-16)11-23-10-14(19)9-21-23/h2-10H,11H2,1H3,(H,22,24)/b20-8-. The van der Waals surface area contributed by atoms with Crippen molar-refractivity contribution >= 4 is 34.0 Å². The summed E-state index contributed by atoms with van der Waals surface area (Å²) in [7, 11) is 1.32. The van der Waals surface area contributed by atoms with Crippen LogP contribution < -0.4 is 5.43 Å². The second-order valence-electron chi connectivity index (χ2n) is 5.43. The van der Waals surface area contributed by atoms with Crippen LogP contribution in [0.3, 0.4) is 0 Å². The lowest BCUT2D eigenvalue weighted by Crippen LogP contribution is -2.16. The van der Waals surface area contributed by atoms with Gasteiger partial charge in [0.2, 0.25) is 0 Å². The monoisotopic (exact) mass is 430 g/mol. The summed E-state index contributed by atoms with van der Waals surface area (Å²) >= 11 is 3.32. The molecular weight excluding hydrogens is 416 g/mol. The number of furan rings is 1. The Balaban J connectivity index is 1.56. The van der Waals surface area contributed by atoms with Crippen LogP contribution in [0.2, 0.25) is 0 Å². The van der Waals surface area contributed by atoms with Crippen molar-refractivity contribution < 1.29 is 18.7 Å². The molecule has 9 heteroatoms. The fourth-order valence-corrected chi connectivity index (χ4v) is 2.54. The lowest BCUT2D eigenvalue weighted by atomic mass is 10.1. The molecule has 8 nitrogen and oxygen atoms in total. The van der Waals surface area contributed by atoms with Gasteiger partial charge >= 0.3 is 11.9 Å². The maximum atomic E-state index is 12.1. The van der Waals surface area contributed by atoms with E-state index in [1.165, 1.54) is 13.3 Å². The van der Waals surface area contributed by atoms with Gasteiger partial charge in [-0.15, -0.1) is 0 Å². The highest BCUT2D eigenvalue weighted by Crippen LogP contribution is 2.12. The summed E-state index contributed by atoms with van der Waals surface area (Å²) in [6, 6.07) is 9.89. The maximum Gasteiger partial charge on any atom is 0.337 e. The molecule has 1 N–H and O–H groups in total. The molecule has 2 heterocycles. The van der Waals surface area contributed by atoms with Crippen molar-refractivity contribution in [1.82, 2.24) is 15.2 Å². The first-order valence-corrected chi connectivity index (χ1v) is 8.63. The minimum Gasteiger partial charge on any atom is -0.465 e. The topological polar surface area (TPSA) is 98.7 Å². The van der Waals surface area contributed by atoms with E-state index in [9.17, 15) is 9.59 Å². The van der Waals surface area contributed by atoms with Crippen molar-refractivity contribution in [2.75, 3.05) is 7.11 Å². The predicted octanol–water partition coefficient (Wildman–Crippen LogP) is 2.84. The molecule has 0 bridgehead atoms. The number of halogens is 1. The molecule has 0 unspecified atom stereocenters. The van der Waals surface area contributed by atoms with E-state index in [0.29, 0.717) is 23.4 Å². The zero-order valence-corrected chi connectivity index (χ0v) is 15.8. The zero-order chi connectivity index (χ0) is 19.2. The Morgan fingerprint density at radius 3 is 2.74 bits per heavy atom. The van der Waals surface area contributed by atoms with Crippen LogP contribution in [0.25, 0.3) is 0 Å². The Hall–Kier alpha value is -3.20. The molecule has 1 amide bonds. The van der Waals surface area contributed by atoms with E-state index in [2.05, 4.69) is 36.3 Å². The second-order valence-corrected chi connectivity index (χ2v) is 6.35. The van der Waals surface area contributed by atoms with Gasteiger partial charge in [0.1, 0.15) is 5.76 Å². The Morgan fingerprint density at radius 2 is 2.07 bits per heavy atom. The van der Waals surface area contributed by atoms with E-state index in [-0.39, 0.29) is 5.76 Å². The van der Waals surface area contributed by atoms with Crippen LogP contribution in [-0.2, 0) is 11.3 Å². The van der Waals surface area contributed by atoms with Crippen molar-refractivity contribution in [1.29, 1.82) is 0 Å². The predicted molar refractivity (Wildman–Crippen MR) is 101 cm³/mol. The van der Waals surface area contributed by atoms with Crippen molar-refractivity contribution in [2.45, 2.75) is 6.54 Å². The number of carbonyl (C=O) groups is 2. The smallest absolute Gasteiger partial charge is 0.337 e. The highest BCUT2D eigenvalue weighted by Gasteiger charge is 2.11. The Labute approximate surface area is 162 Å². The molecule has 2 aromatic heterocycles. The highest BCUT2D eigenvalue weighted by molar-refractivity contribution is 9.10. The lowest BCUT2D eigenvalue weighted by molar-refractivity contribution is 0.0600. The zero-order valence-electron chi connectivity index (χ0n) is 14.3. The number of nitrogens with zero attached hydrogens (tertiary/aromatic N) is 3. The van der Waals surface area contributed by atoms with E-state index in [1.807, 2.05) is 0 Å². The third-order valence-electron chi connectivity index (χ3n) is 3.52. The molecule has 3 aromatic rings. The van der Waals surface area contributed by atoms with Crippen molar-refractivity contribution in [2.24, 2.45) is 5.10 Å². The third-order valence-corrected chi connectivity index (χ3v) is 3.93. The van der Waals surface area contributed by atoms with Gasteiger partial charge in [-0.1, -0.05) is 12.1 Å². The molecule has 0 saturated carbocycles. The molecule has 3 rings (SSSR count). The summed E-state index contributed by atoms with van der Waals surface area (Å²) in [6.45, 7) is 0.411. The van der Waals surface area contributed by atoms with Crippen LogP contribution >= 0.6 is 15.9 Å². The maximum absolute atomic E-state index is 12.1. The number of ether oxygens (including phenoxy) is 1. The van der Waals surface area contributed by atoms with Gasteiger partial charge in [0.05, 0.1) is 36.1 Å². The molecule has 27 heavy (non-hydrogen) atoms. The number of hydrazone groups is 1. The van der Waals surface area contributed by atoms with Crippen molar-refractivity contribution in [3.05, 3.63) is 75.9 Å². The summed E-state index contributed by atoms with van der Waals surface area (Å²) < 4.78 is 12.7. The molecule has 0 radical (unpaired) electrons. The van der Waals surface area contributed by atoms with Crippen LogP contribution in [0.4, 0.5) is 0 Å². The van der Waals surface area contributed by atoms with Gasteiger partial charge in [-0.2, -0.15) is 10.2 Å². The van der Waals surface area contributed by atoms with Gasteiger partial charge < -0.3 is 9.15 Å². The number of esters is 1. The third kappa shape index (κ3) is 4.91. The number of aromatic nitrogens is 2. The molecule has 0 aliphatic rings. The highest BCUT2D eigenvalue weighted by atomic mass is 79.9. The summed E-state index contributed by atoms with van der Waals surface area (Å²) in [6.07, 6.45) is 4.94. The van der Waals surface area contributed by atoms with Gasteiger partial charge in [0.25, 0.3) is 0 Å². The molecule has 0 aliphatic heterocycles. The van der Waals surface area contributed by atoms with Gasteiger partial charge in [-0.25, -0.2) is 10.2 Å². The van der Waals surface area contributed by atoms with Crippen LogP contribution in [-0.4, -0.2) is 35.0 Å². The molecule has 138 valence electrons. The number of rotatable bonds is 6. The van der Waals surface area contributed by atoms with E-state index < -0.39 is 11.9 Å². The minimum atomic E-state index is -0.467. The van der Waals surface area contributed by atoms with Gasteiger partial charge in [0, 0.05) is 6.20 Å². The van der Waals surface area contributed by atoms with Crippen molar-refractivity contribution in [3.8, 4) is 0 Å². The number of methoxy groups -OCH3 is 1. The first kappa shape index (κ1) is 18.6. The van der Waals surface area contributed by atoms with E-state index >= 15 is 0 Å². The first-order chi connectivity index (χ1) is 13.0. The van der Waals surface area contributed by atoms with Gasteiger partial charge in [-0.3, -0.25) is 9.48 Å². The minimum absolute atomic E-state index is 0.148. The Bertz CT molecular complexity index is 975. The summed E-state index contributed by atoms with van der Waals surface area (Å²) in [4.78, 5) is 23.4. The number of nitrogens with one attached hydrogen (secondary N) is 1. The molecule has 0 atom stereocenters. The Morgan fingerprint density at radius 1 is 1.30 bits per heavy atom. The molecule has 0 aliphatic carbocycles. The fourth-order valence-electron chi connectivity index (χ4n) is 2.21. The number of carbonyl (C=O) groups excluding carboxylic acids is 2. The molecular formula is C18H15BrN4O4. The van der Waals surface area contributed by atoms with E-state index in [0.717, 1.165) is 4.47 Å². The van der Waals surface area contributed by atoms with E-state index in [1.54, 1.807) is 53.5 Å². The number of benzene rings is 1. The quantitative estimate of drug-likeness (QED) is 0.368. The normalized spacial score (nSPS) is 10.9. The average molecular weight is 431 g/mol. The average Bonchev–Trinajstić information content (AvgIpc) is 3.31. The van der Waals surface area contributed by atoms with E-state index in [4.69, 9.17) is 4.42 Å². The number of hydrogen-bond acceptors (Lipinski definition) is 6. The SMILES string of the molecule is COC(=O)c1ccc(/C=N\NC(=O)c2ccc(Cn3cc(Br)cn3)o2)cc1. The Kier molecular flexibility index (Phi) is 5.82. The molecule has 0 fully saturated rings. The largest absolute Gasteiger partial charge is 0.465 e. The summed E-state index contributed by atoms with van der Waals surface area (Å²) in [5, 5.41) is 8.01. The van der Waals surface area contributed by atoms with Gasteiger partial charge in [0.15, 0.2) is 5.76 Å². The fraction of sp³-hybridized carbons (Fsp3) is 0.111. The molecule has 0 spiro atoms. The van der Waals surface area contributed by atoms with Crippen LogP contribution in [0, 0.1) is 0 Å². The summed E-state index contributed by atoms with van der Waals surface area (Å²) in [5.74, 6) is -0.138. The second kappa shape index (κ2) is 8.45. The van der Waals surface area contributed by atoms with Crippen LogP contribution in [0.5, 0.6) is 0 Å². The number of hydrogen-bond donors (Lipinski definition) is 1. The number of amides is 1. The van der Waals surface area contributed by atoms with Crippen molar-refractivity contribution in [3.63, 3.8) is 0 Å². The first-order valence-electron chi connectivity index (χ1n) is 7.83. The van der Waals surface area contributed by atoms with Gasteiger partial charge in [-0.05, 0) is 45.8 Å². The summed E-state index contributed by atoms with van der Waals surface area (Å²) in [5.41, 5.74) is 3.54. The molecule has 0 saturated heterocycles. The van der Waals surface area contributed by atoms with Crippen LogP contribution in [0.15, 0.2) is 62.8 Å².